The Hall–Kier alpha value is -1.22. The Labute approximate surface area is 126 Å². The first-order chi connectivity index (χ1) is 9.61. The Morgan fingerprint density at radius 1 is 1.40 bits per heavy atom. The largest absolute Gasteiger partial charge is 0.398 e. The third kappa shape index (κ3) is 3.66. The predicted octanol–water partition coefficient (Wildman–Crippen LogP) is 3.96. The lowest BCUT2D eigenvalue weighted by atomic mass is 9.96. The minimum absolute atomic E-state index is 0.0383. The van der Waals surface area contributed by atoms with Gasteiger partial charge in [0.25, 0.3) is 5.91 Å². The number of likely N-dealkylation sites (tertiary alicyclic amines) is 1. The van der Waals surface area contributed by atoms with E-state index >= 15 is 0 Å². The number of halogens is 1. The number of amides is 1. The van der Waals surface area contributed by atoms with E-state index in [1.165, 1.54) is 19.3 Å². The molecule has 1 aliphatic heterocycles. The topological polar surface area (TPSA) is 46.3 Å². The molecule has 1 aliphatic rings. The van der Waals surface area contributed by atoms with E-state index in [1.54, 1.807) is 18.2 Å². The van der Waals surface area contributed by atoms with Crippen LogP contribution in [0.2, 0.25) is 5.02 Å². The van der Waals surface area contributed by atoms with Gasteiger partial charge in [-0.2, -0.15) is 0 Å². The molecule has 1 amide bonds. The van der Waals surface area contributed by atoms with Crippen molar-refractivity contribution in [2.45, 2.75) is 39.0 Å². The van der Waals surface area contributed by atoms with Gasteiger partial charge in [0.2, 0.25) is 0 Å². The number of rotatable bonds is 3. The number of anilines is 1. The molecule has 1 unspecified atom stereocenters. The second-order valence-corrected chi connectivity index (χ2v) is 6.05. The summed E-state index contributed by atoms with van der Waals surface area (Å²) in [5.74, 6) is 0.802. The van der Waals surface area contributed by atoms with Gasteiger partial charge >= 0.3 is 0 Å². The molecule has 0 spiro atoms. The first-order valence-corrected chi connectivity index (χ1v) is 7.84. The van der Waals surface area contributed by atoms with E-state index in [1.807, 2.05) is 4.90 Å². The number of benzene rings is 1. The summed E-state index contributed by atoms with van der Waals surface area (Å²) < 4.78 is 0. The second kappa shape index (κ2) is 6.98. The highest BCUT2D eigenvalue weighted by atomic mass is 35.5. The maximum absolute atomic E-state index is 12.6. The van der Waals surface area contributed by atoms with Gasteiger partial charge in [-0.1, -0.05) is 31.4 Å². The summed E-state index contributed by atoms with van der Waals surface area (Å²) in [5.41, 5.74) is 6.95. The molecule has 1 saturated heterocycles. The fourth-order valence-electron chi connectivity index (χ4n) is 2.96. The molecule has 1 heterocycles. The van der Waals surface area contributed by atoms with E-state index in [0.717, 1.165) is 31.8 Å². The van der Waals surface area contributed by atoms with Gasteiger partial charge in [-0.05, 0) is 43.4 Å². The lowest BCUT2D eigenvalue weighted by Crippen LogP contribution is -2.32. The average molecular weight is 295 g/mol. The zero-order valence-electron chi connectivity index (χ0n) is 12.1. The summed E-state index contributed by atoms with van der Waals surface area (Å²) in [7, 11) is 0. The van der Waals surface area contributed by atoms with E-state index < -0.39 is 0 Å². The van der Waals surface area contributed by atoms with Crippen LogP contribution in [-0.2, 0) is 0 Å². The maximum atomic E-state index is 12.6. The standard InChI is InChI=1S/C16H23ClN2O/c1-2-4-12-5-3-9-19(10-8-12)16(20)14-7-6-13(17)11-15(14)18/h6-7,11-12H,2-5,8-10,18H2,1H3. The van der Waals surface area contributed by atoms with Crippen molar-refractivity contribution in [2.24, 2.45) is 5.92 Å². The molecule has 2 rings (SSSR count). The Morgan fingerprint density at radius 3 is 2.90 bits per heavy atom. The second-order valence-electron chi connectivity index (χ2n) is 5.61. The summed E-state index contributed by atoms with van der Waals surface area (Å²) in [5, 5.41) is 0.568. The summed E-state index contributed by atoms with van der Waals surface area (Å²) in [6, 6.07) is 5.10. The molecule has 110 valence electrons. The molecule has 4 heteroatoms. The van der Waals surface area contributed by atoms with E-state index in [2.05, 4.69) is 6.92 Å². The van der Waals surface area contributed by atoms with Crippen LogP contribution < -0.4 is 5.73 Å². The lowest BCUT2D eigenvalue weighted by molar-refractivity contribution is 0.0761. The van der Waals surface area contributed by atoms with E-state index in [-0.39, 0.29) is 5.91 Å². The molecule has 0 aliphatic carbocycles. The molecule has 2 N–H and O–H groups in total. The fourth-order valence-corrected chi connectivity index (χ4v) is 3.14. The van der Waals surface area contributed by atoms with Crippen molar-refractivity contribution < 1.29 is 4.79 Å². The summed E-state index contributed by atoms with van der Waals surface area (Å²) in [4.78, 5) is 14.5. The van der Waals surface area contributed by atoms with Crippen LogP contribution in [0, 0.1) is 5.92 Å². The normalized spacial score (nSPS) is 19.7. The number of nitrogen functional groups attached to an aromatic ring is 1. The van der Waals surface area contributed by atoms with Crippen LogP contribution >= 0.6 is 11.6 Å². The Balaban J connectivity index is 2.05. The van der Waals surface area contributed by atoms with Crippen molar-refractivity contribution in [1.29, 1.82) is 0 Å². The van der Waals surface area contributed by atoms with Gasteiger partial charge in [-0.25, -0.2) is 0 Å². The Kier molecular flexibility index (Phi) is 5.30. The van der Waals surface area contributed by atoms with Gasteiger partial charge in [0.1, 0.15) is 0 Å². The molecule has 1 aromatic rings. The molecule has 3 nitrogen and oxygen atoms in total. The zero-order chi connectivity index (χ0) is 14.5. The van der Waals surface area contributed by atoms with Crippen molar-refractivity contribution >= 4 is 23.2 Å². The molecular weight excluding hydrogens is 272 g/mol. The smallest absolute Gasteiger partial charge is 0.255 e. The quantitative estimate of drug-likeness (QED) is 0.858. The minimum Gasteiger partial charge on any atom is -0.398 e. The molecule has 1 fully saturated rings. The maximum Gasteiger partial charge on any atom is 0.255 e. The number of hydrogen-bond acceptors (Lipinski definition) is 2. The monoisotopic (exact) mass is 294 g/mol. The van der Waals surface area contributed by atoms with E-state index in [4.69, 9.17) is 17.3 Å². The number of carbonyl (C=O) groups excluding carboxylic acids is 1. The van der Waals surface area contributed by atoms with Gasteiger partial charge in [-0.15, -0.1) is 0 Å². The van der Waals surface area contributed by atoms with Crippen LogP contribution in [0.4, 0.5) is 5.69 Å². The number of nitrogens with zero attached hydrogens (tertiary/aromatic N) is 1. The number of carbonyl (C=O) groups is 1. The van der Waals surface area contributed by atoms with Gasteiger partial charge in [0.05, 0.1) is 5.56 Å². The van der Waals surface area contributed by atoms with Gasteiger partial charge < -0.3 is 10.6 Å². The predicted molar refractivity (Wildman–Crippen MR) is 84.0 cm³/mol. The van der Waals surface area contributed by atoms with Gasteiger partial charge in [0.15, 0.2) is 0 Å². The first kappa shape index (κ1) is 15.2. The fraction of sp³-hybridized carbons (Fsp3) is 0.562. The van der Waals surface area contributed by atoms with Crippen LogP contribution in [0.25, 0.3) is 0 Å². The van der Waals surface area contributed by atoms with Crippen molar-refractivity contribution in [2.75, 3.05) is 18.8 Å². The Bertz CT molecular complexity index is 476. The van der Waals surface area contributed by atoms with Crippen molar-refractivity contribution in [1.82, 2.24) is 4.90 Å². The molecule has 0 bridgehead atoms. The summed E-state index contributed by atoms with van der Waals surface area (Å²) >= 11 is 5.88. The summed E-state index contributed by atoms with van der Waals surface area (Å²) in [6.07, 6.45) is 5.92. The van der Waals surface area contributed by atoms with E-state index in [9.17, 15) is 4.79 Å². The molecule has 0 radical (unpaired) electrons. The van der Waals surface area contributed by atoms with Crippen LogP contribution in [0.5, 0.6) is 0 Å². The van der Waals surface area contributed by atoms with Crippen LogP contribution in [0.3, 0.4) is 0 Å². The highest BCUT2D eigenvalue weighted by Gasteiger charge is 2.22. The molecule has 1 atom stereocenters. The van der Waals surface area contributed by atoms with Gasteiger partial charge in [-0.3, -0.25) is 4.79 Å². The molecular formula is C16H23ClN2O. The lowest BCUT2D eigenvalue weighted by Gasteiger charge is -2.21. The SMILES string of the molecule is CCCC1CCCN(C(=O)c2ccc(Cl)cc2N)CC1. The Morgan fingerprint density at radius 2 is 2.20 bits per heavy atom. The summed E-state index contributed by atoms with van der Waals surface area (Å²) in [6.45, 7) is 3.90. The van der Waals surface area contributed by atoms with Crippen LogP contribution in [0.1, 0.15) is 49.4 Å². The number of hydrogen-bond donors (Lipinski definition) is 1. The zero-order valence-corrected chi connectivity index (χ0v) is 12.8. The van der Waals surface area contributed by atoms with Crippen molar-refractivity contribution in [3.05, 3.63) is 28.8 Å². The van der Waals surface area contributed by atoms with Crippen LogP contribution in [0.15, 0.2) is 18.2 Å². The highest BCUT2D eigenvalue weighted by molar-refractivity contribution is 6.31. The molecule has 0 saturated carbocycles. The molecule has 1 aromatic carbocycles. The first-order valence-electron chi connectivity index (χ1n) is 7.46. The van der Waals surface area contributed by atoms with E-state index in [0.29, 0.717) is 16.3 Å². The third-order valence-electron chi connectivity index (χ3n) is 4.08. The van der Waals surface area contributed by atoms with Gasteiger partial charge in [0, 0.05) is 23.8 Å². The number of nitrogens with two attached hydrogens (primary N) is 1. The van der Waals surface area contributed by atoms with Crippen molar-refractivity contribution in [3.63, 3.8) is 0 Å². The minimum atomic E-state index is 0.0383. The highest BCUT2D eigenvalue weighted by Crippen LogP contribution is 2.25. The molecule has 20 heavy (non-hydrogen) atoms. The molecule has 0 aromatic heterocycles. The third-order valence-corrected chi connectivity index (χ3v) is 4.31. The van der Waals surface area contributed by atoms with Crippen molar-refractivity contribution in [3.8, 4) is 0 Å². The van der Waals surface area contributed by atoms with Crippen LogP contribution in [-0.4, -0.2) is 23.9 Å². The average Bonchev–Trinajstić information content (AvgIpc) is 2.64.